The van der Waals surface area contributed by atoms with E-state index in [1.54, 1.807) is 4.90 Å². The Hall–Kier alpha value is -1.88. The van der Waals surface area contributed by atoms with Crippen LogP contribution in [0.4, 0.5) is 5.69 Å². The maximum atomic E-state index is 12.7. The number of nitrogens with one attached hydrogen (secondary N) is 2. The molecule has 136 valence electrons. The SMILES string of the molecule is CC(C)c1ccc(N2CCC(C(=O)NC3CCNCC3C)C2=O)cc1. The van der Waals surface area contributed by atoms with E-state index in [1.165, 1.54) is 5.56 Å². The predicted octanol–water partition coefficient (Wildman–Crippen LogP) is 2.28. The third-order valence-corrected chi connectivity index (χ3v) is 5.51. The minimum absolute atomic E-state index is 0.0728. The summed E-state index contributed by atoms with van der Waals surface area (Å²) in [5.74, 6) is 0.135. The predicted molar refractivity (Wildman–Crippen MR) is 99.6 cm³/mol. The number of anilines is 1. The van der Waals surface area contributed by atoms with Crippen LogP contribution in [0.2, 0.25) is 0 Å². The second-order valence-corrected chi connectivity index (χ2v) is 7.66. The first-order valence-electron chi connectivity index (χ1n) is 9.39. The van der Waals surface area contributed by atoms with Crippen molar-refractivity contribution in [3.05, 3.63) is 29.8 Å². The number of amides is 2. The van der Waals surface area contributed by atoms with Gasteiger partial charge in [0.2, 0.25) is 11.8 Å². The van der Waals surface area contributed by atoms with Gasteiger partial charge in [-0.2, -0.15) is 0 Å². The van der Waals surface area contributed by atoms with Crippen molar-refractivity contribution in [2.45, 2.75) is 45.6 Å². The molecular formula is C20H29N3O2. The van der Waals surface area contributed by atoms with Crippen molar-refractivity contribution in [1.29, 1.82) is 0 Å². The van der Waals surface area contributed by atoms with Crippen molar-refractivity contribution >= 4 is 17.5 Å². The molecule has 0 spiro atoms. The standard InChI is InChI=1S/C20H29N3O2/c1-13(2)15-4-6-16(7-5-15)23-11-9-17(20(23)25)19(24)22-18-8-10-21-12-14(18)3/h4-7,13-14,17-18,21H,8-12H2,1-3H3,(H,22,24). The molecule has 0 bridgehead atoms. The van der Waals surface area contributed by atoms with Gasteiger partial charge >= 0.3 is 0 Å². The summed E-state index contributed by atoms with van der Waals surface area (Å²) >= 11 is 0. The van der Waals surface area contributed by atoms with E-state index in [0.717, 1.165) is 25.2 Å². The van der Waals surface area contributed by atoms with Crippen LogP contribution in [-0.4, -0.2) is 37.5 Å². The van der Waals surface area contributed by atoms with Gasteiger partial charge in [-0.05, 0) is 55.5 Å². The van der Waals surface area contributed by atoms with Gasteiger partial charge in [-0.15, -0.1) is 0 Å². The Morgan fingerprint density at radius 1 is 1.24 bits per heavy atom. The summed E-state index contributed by atoms with van der Waals surface area (Å²) in [4.78, 5) is 27.1. The fourth-order valence-electron chi connectivity index (χ4n) is 3.73. The van der Waals surface area contributed by atoms with Gasteiger partial charge in [0, 0.05) is 18.3 Å². The zero-order valence-electron chi connectivity index (χ0n) is 15.4. The van der Waals surface area contributed by atoms with Gasteiger partial charge in [-0.3, -0.25) is 9.59 Å². The van der Waals surface area contributed by atoms with Crippen LogP contribution in [0.15, 0.2) is 24.3 Å². The molecule has 1 aromatic carbocycles. The highest BCUT2D eigenvalue weighted by Crippen LogP contribution is 2.27. The van der Waals surface area contributed by atoms with Gasteiger partial charge in [-0.1, -0.05) is 32.9 Å². The van der Waals surface area contributed by atoms with E-state index in [9.17, 15) is 9.59 Å². The van der Waals surface area contributed by atoms with Crippen molar-refractivity contribution in [2.75, 3.05) is 24.5 Å². The normalized spacial score (nSPS) is 27.0. The highest BCUT2D eigenvalue weighted by atomic mass is 16.2. The zero-order chi connectivity index (χ0) is 18.0. The average molecular weight is 343 g/mol. The van der Waals surface area contributed by atoms with Crippen LogP contribution in [0.5, 0.6) is 0 Å². The molecule has 2 heterocycles. The average Bonchev–Trinajstić information content (AvgIpc) is 2.98. The van der Waals surface area contributed by atoms with Gasteiger partial charge < -0.3 is 15.5 Å². The van der Waals surface area contributed by atoms with E-state index in [0.29, 0.717) is 24.8 Å². The van der Waals surface area contributed by atoms with E-state index < -0.39 is 5.92 Å². The third kappa shape index (κ3) is 3.87. The Morgan fingerprint density at radius 3 is 2.60 bits per heavy atom. The zero-order valence-corrected chi connectivity index (χ0v) is 15.4. The highest BCUT2D eigenvalue weighted by Gasteiger charge is 2.38. The molecule has 3 unspecified atom stereocenters. The second kappa shape index (κ2) is 7.56. The van der Waals surface area contributed by atoms with Crippen LogP contribution in [0, 0.1) is 11.8 Å². The molecule has 2 N–H and O–H groups in total. The molecule has 5 heteroatoms. The van der Waals surface area contributed by atoms with Crippen molar-refractivity contribution in [3.63, 3.8) is 0 Å². The topological polar surface area (TPSA) is 61.4 Å². The molecule has 2 saturated heterocycles. The number of carbonyl (C=O) groups is 2. The summed E-state index contributed by atoms with van der Waals surface area (Å²) < 4.78 is 0. The molecule has 2 amide bonds. The number of piperidine rings is 1. The maximum absolute atomic E-state index is 12.7. The fourth-order valence-corrected chi connectivity index (χ4v) is 3.73. The Morgan fingerprint density at radius 2 is 1.96 bits per heavy atom. The van der Waals surface area contributed by atoms with Gasteiger partial charge in [0.1, 0.15) is 5.92 Å². The molecule has 0 radical (unpaired) electrons. The van der Waals surface area contributed by atoms with Crippen molar-refractivity contribution in [3.8, 4) is 0 Å². The summed E-state index contributed by atoms with van der Waals surface area (Å²) in [5, 5.41) is 6.44. The minimum atomic E-state index is -0.549. The van der Waals surface area contributed by atoms with Crippen LogP contribution in [0.25, 0.3) is 0 Å². The monoisotopic (exact) mass is 343 g/mol. The summed E-state index contributed by atoms with van der Waals surface area (Å²) in [6.07, 6.45) is 1.52. The van der Waals surface area contributed by atoms with Gasteiger partial charge in [0.25, 0.3) is 0 Å². The van der Waals surface area contributed by atoms with E-state index in [1.807, 2.05) is 12.1 Å². The third-order valence-electron chi connectivity index (χ3n) is 5.51. The van der Waals surface area contributed by atoms with Crippen LogP contribution >= 0.6 is 0 Å². The lowest BCUT2D eigenvalue weighted by Crippen LogP contribution is -2.50. The summed E-state index contributed by atoms with van der Waals surface area (Å²) in [6, 6.07) is 8.28. The van der Waals surface area contributed by atoms with Crippen LogP contribution in [-0.2, 0) is 9.59 Å². The highest BCUT2D eigenvalue weighted by molar-refractivity contribution is 6.09. The number of benzene rings is 1. The molecule has 25 heavy (non-hydrogen) atoms. The van der Waals surface area contributed by atoms with E-state index in [-0.39, 0.29) is 17.9 Å². The molecule has 2 aliphatic heterocycles. The Balaban J connectivity index is 1.63. The van der Waals surface area contributed by atoms with Crippen LogP contribution < -0.4 is 15.5 Å². The quantitative estimate of drug-likeness (QED) is 0.825. The van der Waals surface area contributed by atoms with Crippen molar-refractivity contribution in [1.82, 2.24) is 10.6 Å². The number of hydrogen-bond donors (Lipinski definition) is 2. The minimum Gasteiger partial charge on any atom is -0.352 e. The summed E-state index contributed by atoms with van der Waals surface area (Å²) in [5.41, 5.74) is 2.14. The molecule has 0 aromatic heterocycles. The lowest BCUT2D eigenvalue weighted by atomic mass is 9.94. The first-order chi connectivity index (χ1) is 12.0. The van der Waals surface area contributed by atoms with Crippen LogP contribution in [0.3, 0.4) is 0 Å². The Kier molecular flexibility index (Phi) is 5.42. The molecule has 3 rings (SSSR count). The van der Waals surface area contributed by atoms with E-state index in [2.05, 4.69) is 43.5 Å². The molecule has 1 aromatic rings. The lowest BCUT2D eigenvalue weighted by Gasteiger charge is -2.30. The van der Waals surface area contributed by atoms with Gasteiger partial charge in [-0.25, -0.2) is 0 Å². The first kappa shape index (κ1) is 17.9. The van der Waals surface area contributed by atoms with E-state index in [4.69, 9.17) is 0 Å². The molecule has 0 aliphatic carbocycles. The first-order valence-corrected chi connectivity index (χ1v) is 9.39. The maximum Gasteiger partial charge on any atom is 0.239 e. The molecule has 2 fully saturated rings. The largest absolute Gasteiger partial charge is 0.352 e. The molecule has 0 saturated carbocycles. The number of rotatable bonds is 4. The summed E-state index contributed by atoms with van der Waals surface area (Å²) in [7, 11) is 0. The van der Waals surface area contributed by atoms with Crippen LogP contribution in [0.1, 0.15) is 45.1 Å². The van der Waals surface area contributed by atoms with E-state index >= 15 is 0 Å². The van der Waals surface area contributed by atoms with Gasteiger partial charge in [0.15, 0.2) is 0 Å². The lowest BCUT2D eigenvalue weighted by molar-refractivity contribution is -0.132. The number of nitrogens with zero attached hydrogens (tertiary/aromatic N) is 1. The fraction of sp³-hybridized carbons (Fsp3) is 0.600. The molecule has 2 aliphatic rings. The molecule has 5 nitrogen and oxygen atoms in total. The second-order valence-electron chi connectivity index (χ2n) is 7.66. The number of hydrogen-bond acceptors (Lipinski definition) is 3. The van der Waals surface area contributed by atoms with Crippen molar-refractivity contribution < 1.29 is 9.59 Å². The van der Waals surface area contributed by atoms with Crippen molar-refractivity contribution in [2.24, 2.45) is 11.8 Å². The Bertz CT molecular complexity index is 626. The smallest absolute Gasteiger partial charge is 0.239 e. The summed E-state index contributed by atoms with van der Waals surface area (Å²) in [6.45, 7) is 8.88. The molecule has 3 atom stereocenters. The van der Waals surface area contributed by atoms with Gasteiger partial charge in [0.05, 0.1) is 0 Å². The Labute approximate surface area is 150 Å². The molecular weight excluding hydrogens is 314 g/mol. The number of carbonyl (C=O) groups excluding carboxylic acids is 2.